The molecule has 3 fully saturated rings. The van der Waals surface area contributed by atoms with Crippen LogP contribution in [0.1, 0.15) is 42.5 Å². The molecule has 0 spiro atoms. The highest BCUT2D eigenvalue weighted by atomic mass is 35.5. The fourth-order valence-electron chi connectivity index (χ4n) is 6.74. The second-order valence-corrected chi connectivity index (χ2v) is 12.8. The highest BCUT2D eigenvalue weighted by Gasteiger charge is 2.46. The van der Waals surface area contributed by atoms with Gasteiger partial charge in [0.1, 0.15) is 17.4 Å². The van der Waals surface area contributed by atoms with E-state index in [2.05, 4.69) is 21.3 Å². The third-order valence-corrected chi connectivity index (χ3v) is 9.58. The number of carbonyl (C=O) groups is 1. The zero-order chi connectivity index (χ0) is 31.8. The quantitative estimate of drug-likeness (QED) is 0.292. The van der Waals surface area contributed by atoms with Gasteiger partial charge in [-0.05, 0) is 51.3 Å². The number of hydrogen-bond acceptors (Lipinski definition) is 8. The Bertz CT molecular complexity index is 1490. The molecule has 1 amide bonds. The maximum Gasteiger partial charge on any atom is 0.419 e. The minimum absolute atomic E-state index is 0.0568. The van der Waals surface area contributed by atoms with Crippen molar-refractivity contribution in [3.05, 3.63) is 58.3 Å². The molecule has 3 aliphatic heterocycles. The minimum Gasteiger partial charge on any atom is -0.463 e. The fourth-order valence-corrected chi connectivity index (χ4v) is 7.00. The number of carbonyl (C=O) groups excluding carboxylic acids is 1. The van der Waals surface area contributed by atoms with E-state index in [-0.39, 0.29) is 48.7 Å². The van der Waals surface area contributed by atoms with Gasteiger partial charge in [-0.1, -0.05) is 18.2 Å². The molecule has 1 saturated carbocycles. The Labute approximate surface area is 265 Å². The summed E-state index contributed by atoms with van der Waals surface area (Å²) in [5, 5.41) is -0.455. The first-order chi connectivity index (χ1) is 21.6. The van der Waals surface area contributed by atoms with Gasteiger partial charge in [0, 0.05) is 49.9 Å². The van der Waals surface area contributed by atoms with Crippen molar-refractivity contribution < 1.29 is 22.7 Å². The average molecular weight is 645 g/mol. The van der Waals surface area contributed by atoms with Gasteiger partial charge in [-0.15, -0.1) is 0 Å². The number of amides is 1. The number of ether oxygens (including phenoxy) is 1. The van der Waals surface area contributed by atoms with Crippen LogP contribution in [-0.2, 0) is 23.9 Å². The zero-order valence-electron chi connectivity index (χ0n) is 25.0. The molecule has 14 heteroatoms. The van der Waals surface area contributed by atoms with Gasteiger partial charge in [0.2, 0.25) is 12.5 Å². The molecule has 1 unspecified atom stereocenters. The van der Waals surface area contributed by atoms with Crippen LogP contribution in [0.2, 0.25) is 5.02 Å². The first-order valence-corrected chi connectivity index (χ1v) is 15.7. The SMILES string of the molecule is [C-]#[N+]CC1CN(c2nc(OCC3(CN4CCCC4)CC3)nc3c2CCN(c2cncc(Cl)c2C(F)(F)F)C3)CCN1C(=O)C=C. The lowest BCUT2D eigenvalue weighted by atomic mass is 10.0. The second kappa shape index (κ2) is 12.6. The average Bonchev–Trinajstić information content (AvgIpc) is 3.59. The van der Waals surface area contributed by atoms with Crippen LogP contribution in [0.25, 0.3) is 4.85 Å². The summed E-state index contributed by atoms with van der Waals surface area (Å²) in [7, 11) is 0. The van der Waals surface area contributed by atoms with Crippen molar-refractivity contribution in [3.63, 3.8) is 0 Å². The molecule has 5 heterocycles. The molecule has 45 heavy (non-hydrogen) atoms. The van der Waals surface area contributed by atoms with Crippen LogP contribution in [0.15, 0.2) is 25.0 Å². The number of alkyl halides is 3. The predicted octanol–water partition coefficient (Wildman–Crippen LogP) is 4.48. The van der Waals surface area contributed by atoms with Gasteiger partial charge in [0.25, 0.3) is 0 Å². The molecule has 2 aromatic heterocycles. The Morgan fingerprint density at radius 2 is 1.93 bits per heavy atom. The van der Waals surface area contributed by atoms with Crippen molar-refractivity contribution >= 4 is 29.0 Å². The van der Waals surface area contributed by atoms with E-state index in [1.807, 2.05) is 4.90 Å². The number of likely N-dealkylation sites (tertiary alicyclic amines) is 1. The Kier molecular flexibility index (Phi) is 8.81. The van der Waals surface area contributed by atoms with Crippen LogP contribution in [-0.4, -0.2) is 95.7 Å². The molecule has 4 aliphatic rings. The molecule has 0 bridgehead atoms. The zero-order valence-corrected chi connectivity index (χ0v) is 25.8. The molecule has 10 nitrogen and oxygen atoms in total. The molecular formula is C31H36ClF3N8O2. The van der Waals surface area contributed by atoms with Crippen molar-refractivity contribution in [2.24, 2.45) is 5.41 Å². The number of rotatable bonds is 9. The number of anilines is 2. The first-order valence-electron chi connectivity index (χ1n) is 15.3. The number of fused-ring (bicyclic) bond motifs is 1. The smallest absolute Gasteiger partial charge is 0.419 e. The van der Waals surface area contributed by atoms with E-state index in [4.69, 9.17) is 32.9 Å². The molecule has 2 saturated heterocycles. The number of hydrogen-bond donors (Lipinski definition) is 0. The summed E-state index contributed by atoms with van der Waals surface area (Å²) < 4.78 is 48.5. The third-order valence-electron chi connectivity index (χ3n) is 9.29. The van der Waals surface area contributed by atoms with Gasteiger partial charge < -0.3 is 29.2 Å². The summed E-state index contributed by atoms with van der Waals surface area (Å²) in [6.07, 6.45) is 3.73. The van der Waals surface area contributed by atoms with Crippen LogP contribution in [0.3, 0.4) is 0 Å². The van der Waals surface area contributed by atoms with Gasteiger partial charge in [0.15, 0.2) is 0 Å². The van der Waals surface area contributed by atoms with Crippen LogP contribution in [0, 0.1) is 12.0 Å². The number of pyridine rings is 1. The summed E-state index contributed by atoms with van der Waals surface area (Å²) in [5.41, 5.74) is 0.437. The van der Waals surface area contributed by atoms with Gasteiger partial charge >= 0.3 is 12.2 Å². The highest BCUT2D eigenvalue weighted by Crippen LogP contribution is 2.47. The molecule has 1 atom stereocenters. The molecule has 6 rings (SSSR count). The highest BCUT2D eigenvalue weighted by molar-refractivity contribution is 6.31. The van der Waals surface area contributed by atoms with Gasteiger partial charge in [-0.2, -0.15) is 23.1 Å². The summed E-state index contributed by atoms with van der Waals surface area (Å²) in [4.78, 5) is 37.4. The Balaban J connectivity index is 1.31. The number of piperazine rings is 1. The fraction of sp³-hybridized carbons (Fsp3) is 0.581. The predicted molar refractivity (Wildman–Crippen MR) is 163 cm³/mol. The van der Waals surface area contributed by atoms with Gasteiger partial charge in [-0.3, -0.25) is 9.78 Å². The second-order valence-electron chi connectivity index (χ2n) is 12.4. The van der Waals surface area contributed by atoms with Crippen LogP contribution in [0.5, 0.6) is 6.01 Å². The normalized spacial score (nSPS) is 21.3. The molecule has 2 aromatic rings. The van der Waals surface area contributed by atoms with Gasteiger partial charge in [0.05, 0.1) is 35.8 Å². The van der Waals surface area contributed by atoms with E-state index in [1.165, 1.54) is 25.1 Å². The molecule has 0 aromatic carbocycles. The van der Waals surface area contributed by atoms with Crippen molar-refractivity contribution in [2.75, 3.05) is 68.8 Å². The third kappa shape index (κ3) is 6.67. The largest absolute Gasteiger partial charge is 0.463 e. The lowest BCUT2D eigenvalue weighted by molar-refractivity contribution is -0.137. The monoisotopic (exact) mass is 644 g/mol. The van der Waals surface area contributed by atoms with E-state index < -0.39 is 16.8 Å². The van der Waals surface area contributed by atoms with E-state index in [9.17, 15) is 18.0 Å². The summed E-state index contributed by atoms with van der Waals surface area (Å²) in [6.45, 7) is 16.4. The molecule has 240 valence electrons. The lowest BCUT2D eigenvalue weighted by Gasteiger charge is -2.41. The standard InChI is InChI=1S/C31H36ClF3N8O2/c1-3-26(44)43-13-12-42(17-21(43)14-36-2)28-22-6-11-41(25-16-37-15-23(32)27(25)31(33,34)35)18-24(22)38-29(39-28)45-20-30(7-8-30)19-40-9-4-5-10-40/h3,15-16,21H,1,4-14,17-20H2. The maximum atomic E-state index is 14.1. The summed E-state index contributed by atoms with van der Waals surface area (Å²) in [5.74, 6) is 0.413. The molecular weight excluding hydrogens is 609 g/mol. The van der Waals surface area contributed by atoms with Crippen molar-refractivity contribution in [3.8, 4) is 6.01 Å². The Morgan fingerprint density at radius 1 is 1.16 bits per heavy atom. The van der Waals surface area contributed by atoms with Crippen LogP contribution >= 0.6 is 11.6 Å². The Hall–Kier alpha value is -3.63. The minimum atomic E-state index is -4.66. The summed E-state index contributed by atoms with van der Waals surface area (Å²) >= 11 is 6.00. The molecule has 0 radical (unpaired) electrons. The summed E-state index contributed by atoms with van der Waals surface area (Å²) in [6, 6.07) is -0.177. The van der Waals surface area contributed by atoms with E-state index in [0.717, 1.165) is 44.2 Å². The topological polar surface area (TPSA) is 82.3 Å². The number of aromatic nitrogens is 3. The van der Waals surface area contributed by atoms with Gasteiger partial charge in [-0.25, -0.2) is 6.57 Å². The molecule has 0 N–H and O–H groups in total. The number of nitrogens with zero attached hydrogens (tertiary/aromatic N) is 8. The van der Waals surface area contributed by atoms with E-state index >= 15 is 0 Å². The van der Waals surface area contributed by atoms with Crippen LogP contribution < -0.4 is 14.5 Å². The number of halogens is 4. The van der Waals surface area contributed by atoms with Crippen molar-refractivity contribution in [1.29, 1.82) is 0 Å². The maximum absolute atomic E-state index is 14.1. The van der Waals surface area contributed by atoms with Crippen LogP contribution in [0.4, 0.5) is 24.7 Å². The molecule has 1 aliphatic carbocycles. The van der Waals surface area contributed by atoms with Crippen molar-refractivity contribution in [1.82, 2.24) is 24.8 Å². The lowest BCUT2D eigenvalue weighted by Crippen LogP contribution is -2.56. The Morgan fingerprint density at radius 3 is 2.62 bits per heavy atom. The van der Waals surface area contributed by atoms with E-state index in [1.54, 1.807) is 9.80 Å². The first kappa shape index (κ1) is 31.4. The van der Waals surface area contributed by atoms with E-state index in [0.29, 0.717) is 44.2 Å². The van der Waals surface area contributed by atoms with Crippen molar-refractivity contribution in [2.45, 2.75) is 50.9 Å².